The van der Waals surface area contributed by atoms with E-state index in [1.807, 2.05) is 18.2 Å². The van der Waals surface area contributed by atoms with Gasteiger partial charge in [0, 0.05) is 19.2 Å². The van der Waals surface area contributed by atoms with Gasteiger partial charge in [-0.2, -0.15) is 0 Å². The zero-order valence-corrected chi connectivity index (χ0v) is 14.4. The number of rotatable bonds is 6. The van der Waals surface area contributed by atoms with Crippen LogP contribution in [0.25, 0.3) is 0 Å². The molecule has 0 spiro atoms. The molecule has 1 aliphatic heterocycles. The highest BCUT2D eigenvalue weighted by Crippen LogP contribution is 2.32. The first-order chi connectivity index (χ1) is 11.9. The summed E-state index contributed by atoms with van der Waals surface area (Å²) in [5.74, 6) is 1.16. The van der Waals surface area contributed by atoms with E-state index in [2.05, 4.69) is 10.0 Å². The second-order valence-electron chi connectivity index (χ2n) is 5.54. The van der Waals surface area contributed by atoms with E-state index in [-0.39, 0.29) is 24.1 Å². The SMILES string of the molecule is CC(=O)Nc1ccc(S(=O)(=O)NCCc2ccc3c(c2)OCO3)cc1. The second-order valence-corrected chi connectivity index (χ2v) is 7.31. The first-order valence-corrected chi connectivity index (χ1v) is 9.18. The summed E-state index contributed by atoms with van der Waals surface area (Å²) in [4.78, 5) is 11.1. The molecule has 1 amide bonds. The molecule has 0 saturated heterocycles. The molecule has 2 aromatic rings. The smallest absolute Gasteiger partial charge is 0.240 e. The number of anilines is 1. The maximum atomic E-state index is 12.3. The first-order valence-electron chi connectivity index (χ1n) is 7.70. The van der Waals surface area contributed by atoms with Gasteiger partial charge in [0.25, 0.3) is 0 Å². The molecule has 0 radical (unpaired) electrons. The van der Waals surface area contributed by atoms with Crippen LogP contribution in [0.5, 0.6) is 11.5 Å². The molecule has 2 N–H and O–H groups in total. The van der Waals surface area contributed by atoms with Crippen molar-refractivity contribution in [2.24, 2.45) is 0 Å². The van der Waals surface area contributed by atoms with Crippen LogP contribution >= 0.6 is 0 Å². The normalized spacial score (nSPS) is 12.8. The number of carbonyl (C=O) groups is 1. The van der Waals surface area contributed by atoms with Crippen LogP contribution in [0.1, 0.15) is 12.5 Å². The Morgan fingerprint density at radius 3 is 2.52 bits per heavy atom. The van der Waals surface area contributed by atoms with Gasteiger partial charge >= 0.3 is 0 Å². The van der Waals surface area contributed by atoms with Crippen molar-refractivity contribution in [3.63, 3.8) is 0 Å². The number of fused-ring (bicyclic) bond motifs is 1. The van der Waals surface area contributed by atoms with Gasteiger partial charge in [-0.05, 0) is 48.4 Å². The molecular weight excluding hydrogens is 344 g/mol. The summed E-state index contributed by atoms with van der Waals surface area (Å²) in [5, 5.41) is 2.59. The molecule has 0 saturated carbocycles. The number of carbonyl (C=O) groups excluding carboxylic acids is 1. The Morgan fingerprint density at radius 2 is 1.80 bits per heavy atom. The number of amides is 1. The van der Waals surface area contributed by atoms with Crippen molar-refractivity contribution in [2.75, 3.05) is 18.7 Å². The Labute approximate surface area is 146 Å². The quantitative estimate of drug-likeness (QED) is 0.818. The largest absolute Gasteiger partial charge is 0.454 e. The van der Waals surface area contributed by atoms with Gasteiger partial charge in [0.1, 0.15) is 0 Å². The maximum Gasteiger partial charge on any atom is 0.240 e. The molecule has 0 bridgehead atoms. The third kappa shape index (κ3) is 4.28. The Morgan fingerprint density at radius 1 is 1.08 bits per heavy atom. The Kier molecular flexibility index (Phi) is 4.91. The number of benzene rings is 2. The van der Waals surface area contributed by atoms with Gasteiger partial charge in [-0.3, -0.25) is 4.79 Å². The van der Waals surface area contributed by atoms with E-state index in [0.717, 1.165) is 5.56 Å². The molecule has 0 atom stereocenters. The topological polar surface area (TPSA) is 93.7 Å². The summed E-state index contributed by atoms with van der Waals surface area (Å²) in [6, 6.07) is 11.5. The predicted octanol–water partition coefficient (Wildman–Crippen LogP) is 1.89. The maximum absolute atomic E-state index is 12.3. The van der Waals surface area contributed by atoms with Gasteiger partial charge in [-0.1, -0.05) is 6.07 Å². The van der Waals surface area contributed by atoms with Crippen molar-refractivity contribution >= 4 is 21.6 Å². The summed E-state index contributed by atoms with van der Waals surface area (Å²) < 4.78 is 37.7. The predicted molar refractivity (Wildman–Crippen MR) is 92.2 cm³/mol. The van der Waals surface area contributed by atoms with Crippen LogP contribution in [-0.4, -0.2) is 27.7 Å². The fourth-order valence-electron chi connectivity index (χ4n) is 2.43. The number of hydrogen-bond acceptors (Lipinski definition) is 5. The summed E-state index contributed by atoms with van der Waals surface area (Å²) >= 11 is 0. The molecule has 0 unspecified atom stereocenters. The van der Waals surface area contributed by atoms with E-state index in [1.165, 1.54) is 19.1 Å². The highest BCUT2D eigenvalue weighted by atomic mass is 32.2. The van der Waals surface area contributed by atoms with Crippen LogP contribution in [0.2, 0.25) is 0 Å². The average molecular weight is 362 g/mol. The molecular formula is C17H18N2O5S. The van der Waals surface area contributed by atoms with E-state index in [4.69, 9.17) is 9.47 Å². The molecule has 0 aromatic heterocycles. The molecule has 7 nitrogen and oxygen atoms in total. The average Bonchev–Trinajstić information content (AvgIpc) is 3.02. The minimum atomic E-state index is -3.61. The van der Waals surface area contributed by atoms with E-state index >= 15 is 0 Å². The minimum absolute atomic E-state index is 0.146. The lowest BCUT2D eigenvalue weighted by Crippen LogP contribution is -2.26. The third-order valence-corrected chi connectivity index (χ3v) is 5.10. The van der Waals surface area contributed by atoms with Crippen LogP contribution in [0.4, 0.5) is 5.69 Å². The number of sulfonamides is 1. The van der Waals surface area contributed by atoms with Crippen molar-refractivity contribution in [3.8, 4) is 11.5 Å². The molecule has 0 aliphatic carbocycles. The van der Waals surface area contributed by atoms with Crippen molar-refractivity contribution in [2.45, 2.75) is 18.2 Å². The summed E-state index contributed by atoms with van der Waals surface area (Å²) in [6.45, 7) is 1.86. The van der Waals surface area contributed by atoms with Gasteiger partial charge in [-0.25, -0.2) is 13.1 Å². The Balaban J connectivity index is 1.59. The van der Waals surface area contributed by atoms with Crippen LogP contribution < -0.4 is 19.5 Å². The molecule has 2 aromatic carbocycles. The van der Waals surface area contributed by atoms with Gasteiger partial charge in [0.05, 0.1) is 4.90 Å². The zero-order valence-electron chi connectivity index (χ0n) is 13.6. The summed E-state index contributed by atoms with van der Waals surface area (Å²) in [6.07, 6.45) is 0.528. The second kappa shape index (κ2) is 7.12. The van der Waals surface area contributed by atoms with Crippen LogP contribution in [0, 0.1) is 0 Å². The van der Waals surface area contributed by atoms with Gasteiger partial charge in [0.2, 0.25) is 22.7 Å². The van der Waals surface area contributed by atoms with Gasteiger partial charge in [0.15, 0.2) is 11.5 Å². The number of ether oxygens (including phenoxy) is 2. The first kappa shape index (κ1) is 17.2. The van der Waals surface area contributed by atoms with E-state index in [0.29, 0.717) is 23.6 Å². The van der Waals surface area contributed by atoms with E-state index in [9.17, 15) is 13.2 Å². The highest BCUT2D eigenvalue weighted by Gasteiger charge is 2.15. The number of nitrogens with one attached hydrogen (secondary N) is 2. The third-order valence-electron chi connectivity index (χ3n) is 3.63. The lowest BCUT2D eigenvalue weighted by molar-refractivity contribution is -0.114. The van der Waals surface area contributed by atoms with Crippen LogP contribution in [0.3, 0.4) is 0 Å². The molecule has 1 aliphatic rings. The van der Waals surface area contributed by atoms with Crippen molar-refractivity contribution in [1.82, 2.24) is 4.72 Å². The molecule has 3 rings (SSSR count). The molecule has 25 heavy (non-hydrogen) atoms. The molecule has 8 heteroatoms. The van der Waals surface area contributed by atoms with Crippen molar-refractivity contribution < 1.29 is 22.7 Å². The van der Waals surface area contributed by atoms with Crippen LogP contribution in [0.15, 0.2) is 47.4 Å². The fourth-order valence-corrected chi connectivity index (χ4v) is 3.46. The Bertz CT molecular complexity index is 878. The van der Waals surface area contributed by atoms with Crippen molar-refractivity contribution in [1.29, 1.82) is 0 Å². The summed E-state index contributed by atoms with van der Waals surface area (Å²) in [5.41, 5.74) is 1.50. The van der Waals surface area contributed by atoms with E-state index in [1.54, 1.807) is 12.1 Å². The molecule has 1 heterocycles. The zero-order chi connectivity index (χ0) is 17.9. The van der Waals surface area contributed by atoms with E-state index < -0.39 is 10.0 Å². The van der Waals surface area contributed by atoms with Crippen LogP contribution in [-0.2, 0) is 21.2 Å². The number of hydrogen-bond donors (Lipinski definition) is 2. The fraction of sp³-hybridized carbons (Fsp3) is 0.235. The summed E-state index contributed by atoms with van der Waals surface area (Å²) in [7, 11) is -3.61. The lowest BCUT2D eigenvalue weighted by atomic mass is 10.1. The monoisotopic (exact) mass is 362 g/mol. The molecule has 132 valence electrons. The van der Waals surface area contributed by atoms with Gasteiger partial charge < -0.3 is 14.8 Å². The Hall–Kier alpha value is -2.58. The van der Waals surface area contributed by atoms with Crippen molar-refractivity contribution in [3.05, 3.63) is 48.0 Å². The lowest BCUT2D eigenvalue weighted by Gasteiger charge is -2.08. The minimum Gasteiger partial charge on any atom is -0.454 e. The molecule has 0 fully saturated rings. The van der Waals surface area contributed by atoms with Gasteiger partial charge in [-0.15, -0.1) is 0 Å². The highest BCUT2D eigenvalue weighted by molar-refractivity contribution is 7.89. The standard InChI is InChI=1S/C17H18N2O5S/c1-12(20)19-14-3-5-15(6-4-14)25(21,22)18-9-8-13-2-7-16-17(10-13)24-11-23-16/h2-7,10,18H,8-9,11H2,1H3,(H,19,20).